The number of carbonyl (C=O) groups excluding carboxylic acids is 1. The summed E-state index contributed by atoms with van der Waals surface area (Å²) in [6.45, 7) is 0. The molecular weight excluding hydrogens is 319 g/mol. The molecule has 7 heteroatoms. The fraction of sp³-hybridized carbons (Fsp3) is 0.133. The van der Waals surface area contributed by atoms with Crippen molar-refractivity contribution in [3.63, 3.8) is 0 Å². The number of hydrogen-bond donors (Lipinski definition) is 1. The van der Waals surface area contributed by atoms with Gasteiger partial charge >= 0.3 is 12.1 Å². The second-order valence-corrected chi connectivity index (χ2v) is 5.12. The molecule has 2 aromatic rings. The quantitative estimate of drug-likeness (QED) is 0.817. The molecule has 0 aliphatic carbocycles. The van der Waals surface area contributed by atoms with Crippen LogP contribution >= 0.6 is 11.6 Å². The number of rotatable bonds is 2. The van der Waals surface area contributed by atoms with Crippen molar-refractivity contribution in [3.05, 3.63) is 64.2 Å². The largest absolute Gasteiger partial charge is 0.434 e. The van der Waals surface area contributed by atoms with E-state index in [1.165, 1.54) is 0 Å². The molecule has 114 valence electrons. The van der Waals surface area contributed by atoms with E-state index in [-0.39, 0.29) is 10.7 Å². The number of anilines is 1. The van der Waals surface area contributed by atoms with Gasteiger partial charge in [0.2, 0.25) is 6.23 Å². The molecule has 0 saturated heterocycles. The van der Waals surface area contributed by atoms with Crippen molar-refractivity contribution in [2.24, 2.45) is 0 Å². The molecular formula is C15H9ClF3NO2. The summed E-state index contributed by atoms with van der Waals surface area (Å²) in [5.41, 5.74) is 0.145. The number of cyclic esters (lactones) is 1. The van der Waals surface area contributed by atoms with Crippen LogP contribution in [0.1, 0.15) is 27.7 Å². The highest BCUT2D eigenvalue weighted by molar-refractivity contribution is 6.33. The molecule has 3 rings (SSSR count). The first-order valence-corrected chi connectivity index (χ1v) is 6.67. The maximum absolute atomic E-state index is 12.8. The minimum Gasteiger partial charge on any atom is -0.434 e. The van der Waals surface area contributed by atoms with Crippen LogP contribution in [-0.2, 0) is 10.9 Å². The lowest BCUT2D eigenvalue weighted by Gasteiger charge is -2.17. The third kappa shape index (κ3) is 2.62. The number of alkyl halides is 3. The molecule has 0 aromatic heterocycles. The van der Waals surface area contributed by atoms with Crippen LogP contribution in [-0.4, -0.2) is 5.97 Å². The van der Waals surface area contributed by atoms with Gasteiger partial charge in [0.15, 0.2) is 0 Å². The van der Waals surface area contributed by atoms with Gasteiger partial charge in [-0.05, 0) is 24.3 Å². The predicted octanol–water partition coefficient (Wildman–Crippen LogP) is 4.64. The van der Waals surface area contributed by atoms with Gasteiger partial charge in [-0.25, -0.2) is 4.79 Å². The summed E-state index contributed by atoms with van der Waals surface area (Å²) >= 11 is 5.92. The SMILES string of the molecule is O=C1O[C@H](Nc2cc(C(F)(F)F)ccc2Cl)c2ccccc21. The highest BCUT2D eigenvalue weighted by Gasteiger charge is 2.33. The fourth-order valence-electron chi connectivity index (χ4n) is 2.21. The van der Waals surface area contributed by atoms with Gasteiger partial charge in [-0.15, -0.1) is 0 Å². The fourth-order valence-corrected chi connectivity index (χ4v) is 2.38. The first kappa shape index (κ1) is 14.7. The van der Waals surface area contributed by atoms with Gasteiger partial charge in [0.05, 0.1) is 21.8 Å². The molecule has 0 spiro atoms. The lowest BCUT2D eigenvalue weighted by molar-refractivity contribution is -0.137. The third-order valence-corrected chi connectivity index (χ3v) is 3.60. The molecule has 1 aliphatic heterocycles. The summed E-state index contributed by atoms with van der Waals surface area (Å²) in [7, 11) is 0. The van der Waals surface area contributed by atoms with Crippen LogP contribution in [0.2, 0.25) is 5.02 Å². The number of ether oxygens (including phenoxy) is 1. The maximum Gasteiger partial charge on any atom is 0.416 e. The van der Waals surface area contributed by atoms with Crippen LogP contribution in [0.25, 0.3) is 0 Å². The molecule has 1 heterocycles. The zero-order valence-corrected chi connectivity index (χ0v) is 11.7. The lowest BCUT2D eigenvalue weighted by Crippen LogP contribution is -2.12. The second-order valence-electron chi connectivity index (χ2n) is 4.71. The van der Waals surface area contributed by atoms with E-state index < -0.39 is 23.9 Å². The summed E-state index contributed by atoms with van der Waals surface area (Å²) in [6, 6.07) is 9.57. The topological polar surface area (TPSA) is 38.3 Å². The van der Waals surface area contributed by atoms with Crippen LogP contribution < -0.4 is 5.32 Å². The van der Waals surface area contributed by atoms with E-state index in [1.807, 2.05) is 0 Å². The van der Waals surface area contributed by atoms with E-state index in [0.29, 0.717) is 11.1 Å². The number of halogens is 4. The molecule has 0 fully saturated rings. The van der Waals surface area contributed by atoms with Crippen molar-refractivity contribution in [1.82, 2.24) is 0 Å². The van der Waals surface area contributed by atoms with Gasteiger partial charge in [0.1, 0.15) is 0 Å². The Hall–Kier alpha value is -2.21. The predicted molar refractivity (Wildman–Crippen MR) is 74.7 cm³/mol. The molecule has 1 atom stereocenters. The average Bonchev–Trinajstić information content (AvgIpc) is 2.77. The summed E-state index contributed by atoms with van der Waals surface area (Å²) in [4.78, 5) is 11.7. The number of fused-ring (bicyclic) bond motifs is 1. The van der Waals surface area contributed by atoms with Gasteiger partial charge in [-0.3, -0.25) is 0 Å². The Morgan fingerprint density at radius 3 is 2.59 bits per heavy atom. The van der Waals surface area contributed by atoms with Gasteiger partial charge in [-0.1, -0.05) is 29.8 Å². The Bertz CT molecular complexity index is 746. The third-order valence-electron chi connectivity index (χ3n) is 3.27. The van der Waals surface area contributed by atoms with Gasteiger partial charge in [0, 0.05) is 5.56 Å². The Labute approximate surface area is 128 Å². The highest BCUT2D eigenvalue weighted by Crippen LogP contribution is 2.37. The molecule has 0 saturated carbocycles. The average molecular weight is 328 g/mol. The van der Waals surface area contributed by atoms with Crippen LogP contribution in [0.4, 0.5) is 18.9 Å². The maximum atomic E-state index is 12.8. The van der Waals surface area contributed by atoms with E-state index in [4.69, 9.17) is 16.3 Å². The monoisotopic (exact) mass is 327 g/mol. The van der Waals surface area contributed by atoms with E-state index >= 15 is 0 Å². The molecule has 22 heavy (non-hydrogen) atoms. The first-order chi connectivity index (χ1) is 10.4. The minimum atomic E-state index is -4.48. The lowest BCUT2D eigenvalue weighted by atomic mass is 10.1. The molecule has 3 nitrogen and oxygen atoms in total. The van der Waals surface area contributed by atoms with Gasteiger partial charge in [0.25, 0.3) is 0 Å². The Morgan fingerprint density at radius 1 is 1.14 bits per heavy atom. The Morgan fingerprint density at radius 2 is 1.86 bits per heavy atom. The standard InChI is InChI=1S/C15H9ClF3NO2/c16-11-6-5-8(15(17,18)19)7-12(11)20-13-9-3-1-2-4-10(9)14(21)22-13/h1-7,13,20H/t13-/m0/s1. The summed E-state index contributed by atoms with van der Waals surface area (Å²) in [6.07, 6.45) is -5.35. The molecule has 0 amide bonds. The molecule has 0 radical (unpaired) electrons. The van der Waals surface area contributed by atoms with Crippen LogP contribution in [0.3, 0.4) is 0 Å². The molecule has 1 aliphatic rings. The van der Waals surface area contributed by atoms with E-state index in [2.05, 4.69) is 5.32 Å². The molecule has 2 aromatic carbocycles. The smallest absolute Gasteiger partial charge is 0.416 e. The van der Waals surface area contributed by atoms with Crippen molar-refractivity contribution < 1.29 is 22.7 Å². The van der Waals surface area contributed by atoms with Crippen LogP contribution in [0.5, 0.6) is 0 Å². The van der Waals surface area contributed by atoms with Crippen LogP contribution in [0, 0.1) is 0 Å². The Balaban J connectivity index is 1.93. The molecule has 0 unspecified atom stereocenters. The number of esters is 1. The van der Waals surface area contributed by atoms with E-state index in [1.54, 1.807) is 24.3 Å². The number of nitrogens with one attached hydrogen (secondary N) is 1. The van der Waals surface area contributed by atoms with E-state index in [9.17, 15) is 18.0 Å². The second kappa shape index (κ2) is 5.21. The summed E-state index contributed by atoms with van der Waals surface area (Å²) in [5.74, 6) is -0.531. The number of carbonyl (C=O) groups is 1. The molecule has 0 bridgehead atoms. The van der Waals surface area contributed by atoms with Gasteiger partial charge in [-0.2, -0.15) is 13.2 Å². The van der Waals surface area contributed by atoms with Gasteiger partial charge < -0.3 is 10.1 Å². The van der Waals surface area contributed by atoms with E-state index in [0.717, 1.165) is 18.2 Å². The summed E-state index contributed by atoms with van der Waals surface area (Å²) in [5, 5.41) is 2.84. The van der Waals surface area contributed by atoms with Crippen molar-refractivity contribution in [2.45, 2.75) is 12.4 Å². The normalized spacial score (nSPS) is 17.1. The first-order valence-electron chi connectivity index (χ1n) is 6.29. The van der Waals surface area contributed by atoms with Crippen molar-refractivity contribution >= 4 is 23.3 Å². The molecule has 1 N–H and O–H groups in total. The minimum absolute atomic E-state index is 0.0472. The number of benzene rings is 2. The van der Waals surface area contributed by atoms with Crippen LogP contribution in [0.15, 0.2) is 42.5 Å². The zero-order valence-electron chi connectivity index (χ0n) is 10.9. The van der Waals surface area contributed by atoms with Crippen molar-refractivity contribution in [1.29, 1.82) is 0 Å². The van der Waals surface area contributed by atoms with Crippen molar-refractivity contribution in [3.8, 4) is 0 Å². The highest BCUT2D eigenvalue weighted by atomic mass is 35.5. The zero-order chi connectivity index (χ0) is 15.9. The van der Waals surface area contributed by atoms with Crippen molar-refractivity contribution in [2.75, 3.05) is 5.32 Å². The number of hydrogen-bond acceptors (Lipinski definition) is 3. The Kier molecular flexibility index (Phi) is 3.48. The summed E-state index contributed by atoms with van der Waals surface area (Å²) < 4.78 is 43.4.